The van der Waals surface area contributed by atoms with Crippen LogP contribution in [-0.4, -0.2) is 19.9 Å². The van der Waals surface area contributed by atoms with E-state index in [1.54, 1.807) is 18.6 Å². The van der Waals surface area contributed by atoms with Gasteiger partial charge in [0, 0.05) is 12.3 Å². The largest absolute Gasteiger partial charge is 0.364 e. The van der Waals surface area contributed by atoms with Gasteiger partial charge in [0.15, 0.2) is 0 Å². The van der Waals surface area contributed by atoms with Gasteiger partial charge in [-0.15, -0.1) is 0 Å². The van der Waals surface area contributed by atoms with Gasteiger partial charge in [-0.25, -0.2) is 15.0 Å². The van der Waals surface area contributed by atoms with Crippen molar-refractivity contribution in [3.05, 3.63) is 35.8 Å². The van der Waals surface area contributed by atoms with E-state index in [0.29, 0.717) is 17.5 Å². The second-order valence-corrected chi connectivity index (χ2v) is 3.04. The van der Waals surface area contributed by atoms with Crippen molar-refractivity contribution in [2.75, 3.05) is 5.32 Å². The minimum Gasteiger partial charge on any atom is -0.364 e. The highest BCUT2D eigenvalue weighted by Crippen LogP contribution is 2.09. The van der Waals surface area contributed by atoms with Crippen LogP contribution in [0.15, 0.2) is 24.9 Å². The highest BCUT2D eigenvalue weighted by atomic mass is 35.5. The first-order valence-electron chi connectivity index (χ1n) is 4.03. The predicted molar refractivity (Wildman–Crippen MR) is 53.0 cm³/mol. The molecule has 2 rings (SSSR count). The van der Waals surface area contributed by atoms with Gasteiger partial charge < -0.3 is 10.3 Å². The van der Waals surface area contributed by atoms with Crippen molar-refractivity contribution in [3.63, 3.8) is 0 Å². The second kappa shape index (κ2) is 4.06. The van der Waals surface area contributed by atoms with E-state index in [4.69, 9.17) is 11.6 Å². The summed E-state index contributed by atoms with van der Waals surface area (Å²) in [4.78, 5) is 14.6. The number of aromatic nitrogens is 4. The molecule has 6 heteroatoms. The molecular weight excluding hydrogens is 202 g/mol. The van der Waals surface area contributed by atoms with E-state index in [9.17, 15) is 0 Å². The Hall–Kier alpha value is -1.62. The molecule has 0 saturated heterocycles. The van der Waals surface area contributed by atoms with Crippen LogP contribution >= 0.6 is 11.6 Å². The van der Waals surface area contributed by atoms with E-state index in [0.717, 1.165) is 5.69 Å². The Morgan fingerprint density at radius 1 is 1.43 bits per heavy atom. The molecule has 0 saturated carbocycles. The van der Waals surface area contributed by atoms with Crippen LogP contribution in [0, 0.1) is 0 Å². The summed E-state index contributed by atoms with van der Waals surface area (Å²) >= 11 is 5.69. The fourth-order valence-corrected chi connectivity index (χ4v) is 1.14. The minimum absolute atomic E-state index is 0.423. The number of hydrogen-bond acceptors (Lipinski definition) is 4. The number of aromatic amines is 1. The molecule has 0 radical (unpaired) electrons. The molecule has 0 unspecified atom stereocenters. The molecule has 2 aromatic heterocycles. The Kier molecular flexibility index (Phi) is 2.60. The fraction of sp³-hybridized carbons (Fsp3) is 0.125. The van der Waals surface area contributed by atoms with Gasteiger partial charge >= 0.3 is 0 Å². The zero-order valence-corrected chi connectivity index (χ0v) is 7.99. The van der Waals surface area contributed by atoms with Gasteiger partial charge in [-0.1, -0.05) is 11.6 Å². The third kappa shape index (κ3) is 2.20. The maximum Gasteiger partial charge on any atom is 0.134 e. The summed E-state index contributed by atoms with van der Waals surface area (Å²) in [5, 5.41) is 3.50. The number of halogens is 1. The van der Waals surface area contributed by atoms with Crippen molar-refractivity contribution in [2.24, 2.45) is 0 Å². The summed E-state index contributed by atoms with van der Waals surface area (Å²) in [6, 6.07) is 1.66. The smallest absolute Gasteiger partial charge is 0.134 e. The quantitative estimate of drug-likeness (QED) is 0.752. The molecule has 2 N–H and O–H groups in total. The van der Waals surface area contributed by atoms with Crippen molar-refractivity contribution < 1.29 is 0 Å². The van der Waals surface area contributed by atoms with Crippen molar-refractivity contribution in [3.8, 4) is 0 Å². The summed E-state index contributed by atoms with van der Waals surface area (Å²) in [5.41, 5.74) is 0.986. The standard InChI is InChI=1S/C8H8ClN5/c9-7-1-8(14-5-13-7)11-3-6-2-10-4-12-6/h1-2,4-5H,3H2,(H,10,12)(H,11,13,14). The molecule has 14 heavy (non-hydrogen) atoms. The van der Waals surface area contributed by atoms with Gasteiger partial charge in [0.2, 0.25) is 0 Å². The molecule has 0 fully saturated rings. The Balaban J connectivity index is 1.98. The summed E-state index contributed by atoms with van der Waals surface area (Å²) in [5.74, 6) is 0.694. The van der Waals surface area contributed by atoms with Crippen LogP contribution in [0.1, 0.15) is 5.69 Å². The van der Waals surface area contributed by atoms with Crippen LogP contribution in [0.25, 0.3) is 0 Å². The summed E-state index contributed by atoms with van der Waals surface area (Å²) < 4.78 is 0. The average Bonchev–Trinajstić information content (AvgIpc) is 2.67. The summed E-state index contributed by atoms with van der Waals surface area (Å²) in [6.45, 7) is 0.632. The molecule has 0 spiro atoms. The van der Waals surface area contributed by atoms with Crippen molar-refractivity contribution in [1.29, 1.82) is 0 Å². The number of hydrogen-bond donors (Lipinski definition) is 2. The van der Waals surface area contributed by atoms with Crippen molar-refractivity contribution in [2.45, 2.75) is 6.54 Å². The van der Waals surface area contributed by atoms with Gasteiger partial charge in [0.1, 0.15) is 17.3 Å². The molecular formula is C8H8ClN5. The molecule has 2 heterocycles. The monoisotopic (exact) mass is 209 g/mol. The Bertz CT molecular complexity index is 400. The molecule has 5 nitrogen and oxygen atoms in total. The lowest BCUT2D eigenvalue weighted by Gasteiger charge is -2.02. The average molecular weight is 210 g/mol. The molecule has 0 amide bonds. The molecule has 0 aliphatic heterocycles. The molecule has 0 aliphatic carbocycles. The first-order valence-corrected chi connectivity index (χ1v) is 4.41. The van der Waals surface area contributed by atoms with E-state index in [1.165, 1.54) is 6.33 Å². The second-order valence-electron chi connectivity index (χ2n) is 2.66. The van der Waals surface area contributed by atoms with E-state index in [2.05, 4.69) is 25.3 Å². The normalized spacial score (nSPS) is 10.1. The first kappa shape index (κ1) is 8.96. The Labute approximate surface area is 85.6 Å². The number of imidazole rings is 1. The highest BCUT2D eigenvalue weighted by molar-refractivity contribution is 6.29. The molecule has 0 aliphatic rings. The summed E-state index contributed by atoms with van der Waals surface area (Å²) in [6.07, 6.45) is 4.79. The van der Waals surface area contributed by atoms with Gasteiger partial charge in [0.25, 0.3) is 0 Å². The molecule has 0 aromatic carbocycles. The van der Waals surface area contributed by atoms with Crippen LogP contribution in [0.4, 0.5) is 5.82 Å². The van der Waals surface area contributed by atoms with Crippen LogP contribution in [0.5, 0.6) is 0 Å². The topological polar surface area (TPSA) is 66.5 Å². The van der Waals surface area contributed by atoms with E-state index in [-0.39, 0.29) is 0 Å². The summed E-state index contributed by atoms with van der Waals surface area (Å²) in [7, 11) is 0. The van der Waals surface area contributed by atoms with E-state index >= 15 is 0 Å². The number of rotatable bonds is 3. The third-order valence-corrected chi connectivity index (χ3v) is 1.86. The maximum absolute atomic E-state index is 5.69. The fourth-order valence-electron chi connectivity index (χ4n) is 0.997. The zero-order chi connectivity index (χ0) is 9.80. The third-order valence-electron chi connectivity index (χ3n) is 1.65. The Morgan fingerprint density at radius 2 is 2.36 bits per heavy atom. The zero-order valence-electron chi connectivity index (χ0n) is 7.24. The number of H-pyrrole nitrogens is 1. The molecule has 0 atom stereocenters. The van der Waals surface area contributed by atoms with Crippen LogP contribution < -0.4 is 5.32 Å². The maximum atomic E-state index is 5.69. The highest BCUT2D eigenvalue weighted by Gasteiger charge is 1.96. The van der Waals surface area contributed by atoms with Gasteiger partial charge in [0.05, 0.1) is 18.6 Å². The lowest BCUT2D eigenvalue weighted by Crippen LogP contribution is -2.01. The first-order chi connectivity index (χ1) is 6.84. The number of nitrogens with zero attached hydrogens (tertiary/aromatic N) is 3. The lowest BCUT2D eigenvalue weighted by atomic mass is 10.4. The lowest BCUT2D eigenvalue weighted by molar-refractivity contribution is 1.04. The predicted octanol–water partition coefficient (Wildman–Crippen LogP) is 1.47. The van der Waals surface area contributed by atoms with Crippen LogP contribution in [0.3, 0.4) is 0 Å². The van der Waals surface area contributed by atoms with Crippen LogP contribution in [-0.2, 0) is 6.54 Å². The van der Waals surface area contributed by atoms with E-state index < -0.39 is 0 Å². The van der Waals surface area contributed by atoms with Crippen LogP contribution in [0.2, 0.25) is 5.15 Å². The minimum atomic E-state index is 0.423. The molecule has 2 aromatic rings. The van der Waals surface area contributed by atoms with E-state index in [1.807, 2.05) is 0 Å². The van der Waals surface area contributed by atoms with Gasteiger partial charge in [-0.2, -0.15) is 0 Å². The number of anilines is 1. The van der Waals surface area contributed by atoms with Crippen molar-refractivity contribution in [1.82, 2.24) is 19.9 Å². The molecule has 0 bridgehead atoms. The Morgan fingerprint density at radius 3 is 3.07 bits per heavy atom. The van der Waals surface area contributed by atoms with Gasteiger partial charge in [-0.3, -0.25) is 0 Å². The van der Waals surface area contributed by atoms with Gasteiger partial charge in [-0.05, 0) is 0 Å². The molecule has 72 valence electrons. The van der Waals surface area contributed by atoms with Crippen molar-refractivity contribution >= 4 is 17.4 Å². The SMILES string of the molecule is Clc1cc(NCc2cnc[nH]2)ncn1. The number of nitrogens with one attached hydrogen (secondary N) is 2.